The van der Waals surface area contributed by atoms with Crippen molar-refractivity contribution in [3.05, 3.63) is 41.6 Å². The second-order valence-electron chi connectivity index (χ2n) is 4.46. The molecule has 0 aliphatic heterocycles. The summed E-state index contributed by atoms with van der Waals surface area (Å²) in [6, 6.07) is 9.42. The second kappa shape index (κ2) is 4.63. The lowest BCUT2D eigenvalue weighted by molar-refractivity contribution is 0.0976. The maximum Gasteiger partial charge on any atom is 0.164 e. The topological polar surface area (TPSA) is 56.0 Å². The van der Waals surface area contributed by atoms with Crippen LogP contribution in [0.4, 0.5) is 0 Å². The highest BCUT2D eigenvalue weighted by Crippen LogP contribution is 2.16. The van der Waals surface area contributed by atoms with Crippen LogP contribution in [0.5, 0.6) is 0 Å². The number of rotatable bonds is 3. The minimum Gasteiger partial charge on any atom is -0.328 e. The van der Waals surface area contributed by atoms with E-state index in [-0.39, 0.29) is 11.8 Å². The highest BCUT2D eigenvalue weighted by molar-refractivity contribution is 5.99. The van der Waals surface area contributed by atoms with Gasteiger partial charge in [-0.1, -0.05) is 6.07 Å². The molecule has 0 radical (unpaired) electrons. The molecule has 0 spiro atoms. The summed E-state index contributed by atoms with van der Waals surface area (Å²) < 4.78 is 0. The first-order chi connectivity index (χ1) is 8.06. The number of ketones is 1. The average molecular weight is 228 g/mol. The normalized spacial score (nSPS) is 12.6. The molecular weight excluding hydrogens is 212 g/mol. The fraction of sp³-hybridized carbons (Fsp3) is 0.286. The van der Waals surface area contributed by atoms with Crippen LogP contribution in [-0.4, -0.2) is 16.8 Å². The smallest absolute Gasteiger partial charge is 0.164 e. The molecule has 3 heteroatoms. The van der Waals surface area contributed by atoms with Gasteiger partial charge >= 0.3 is 0 Å². The van der Waals surface area contributed by atoms with Crippen LogP contribution in [-0.2, 0) is 0 Å². The van der Waals surface area contributed by atoms with E-state index in [0.717, 1.165) is 16.6 Å². The zero-order chi connectivity index (χ0) is 12.4. The van der Waals surface area contributed by atoms with Gasteiger partial charge in [-0.15, -0.1) is 0 Å². The van der Waals surface area contributed by atoms with Crippen molar-refractivity contribution in [2.45, 2.75) is 26.3 Å². The van der Waals surface area contributed by atoms with Crippen molar-refractivity contribution < 1.29 is 4.79 Å². The molecule has 0 saturated heterocycles. The molecular formula is C14H16N2O. The van der Waals surface area contributed by atoms with Gasteiger partial charge in [0.15, 0.2) is 5.78 Å². The van der Waals surface area contributed by atoms with Gasteiger partial charge < -0.3 is 5.73 Å². The lowest BCUT2D eigenvalue weighted by atomic mass is 10.0. The first kappa shape index (κ1) is 11.7. The molecule has 88 valence electrons. The fourth-order valence-electron chi connectivity index (χ4n) is 1.81. The van der Waals surface area contributed by atoms with Crippen molar-refractivity contribution in [2.75, 3.05) is 0 Å². The van der Waals surface area contributed by atoms with E-state index in [1.807, 2.05) is 44.2 Å². The Labute approximate surface area is 101 Å². The summed E-state index contributed by atoms with van der Waals surface area (Å²) in [5.74, 6) is 0.0856. The molecule has 0 aliphatic rings. The molecule has 17 heavy (non-hydrogen) atoms. The molecule has 1 aromatic heterocycles. The number of hydrogen-bond acceptors (Lipinski definition) is 3. The Morgan fingerprint density at radius 1 is 1.35 bits per heavy atom. The molecule has 0 amide bonds. The SMILES string of the molecule is Cc1ccc2cc(C(=O)CC(C)N)ccc2n1. The second-order valence-corrected chi connectivity index (χ2v) is 4.46. The van der Waals surface area contributed by atoms with E-state index in [4.69, 9.17) is 5.73 Å². The van der Waals surface area contributed by atoms with E-state index in [1.54, 1.807) is 0 Å². The Morgan fingerprint density at radius 3 is 2.82 bits per heavy atom. The molecule has 2 N–H and O–H groups in total. The number of pyridine rings is 1. The number of hydrogen-bond donors (Lipinski definition) is 1. The predicted octanol–water partition coefficient (Wildman–Crippen LogP) is 2.46. The van der Waals surface area contributed by atoms with Crippen molar-refractivity contribution in [1.29, 1.82) is 0 Å². The van der Waals surface area contributed by atoms with Crippen LogP contribution >= 0.6 is 0 Å². The number of carbonyl (C=O) groups is 1. The standard InChI is InChI=1S/C14H16N2O/c1-9(15)7-14(17)12-5-6-13-11(8-12)4-3-10(2)16-13/h3-6,8-9H,7,15H2,1-2H3. The van der Waals surface area contributed by atoms with E-state index in [2.05, 4.69) is 4.98 Å². The zero-order valence-electron chi connectivity index (χ0n) is 10.1. The number of carbonyl (C=O) groups excluding carboxylic acids is 1. The quantitative estimate of drug-likeness (QED) is 0.821. The Bertz CT molecular complexity index is 561. The van der Waals surface area contributed by atoms with E-state index in [9.17, 15) is 4.79 Å². The highest BCUT2D eigenvalue weighted by atomic mass is 16.1. The maximum absolute atomic E-state index is 11.9. The Kier molecular flexibility index (Phi) is 3.20. The number of Topliss-reactive ketones (excluding diaryl/α,β-unsaturated/α-hetero) is 1. The molecule has 0 aliphatic carbocycles. The number of aryl methyl sites for hydroxylation is 1. The van der Waals surface area contributed by atoms with Gasteiger partial charge in [0, 0.05) is 29.1 Å². The Balaban J connectivity index is 2.38. The molecule has 1 heterocycles. The summed E-state index contributed by atoms with van der Waals surface area (Å²) in [4.78, 5) is 16.3. The van der Waals surface area contributed by atoms with Gasteiger partial charge in [0.25, 0.3) is 0 Å². The van der Waals surface area contributed by atoms with Gasteiger partial charge in [0.1, 0.15) is 0 Å². The third-order valence-electron chi connectivity index (χ3n) is 2.66. The maximum atomic E-state index is 11.9. The number of nitrogens with zero attached hydrogens (tertiary/aromatic N) is 1. The van der Waals surface area contributed by atoms with E-state index < -0.39 is 0 Å². The lowest BCUT2D eigenvalue weighted by Gasteiger charge is -2.05. The number of aromatic nitrogens is 1. The minimum atomic E-state index is -0.102. The van der Waals surface area contributed by atoms with Gasteiger partial charge in [-0.25, -0.2) is 0 Å². The summed E-state index contributed by atoms with van der Waals surface area (Å²) in [6.45, 7) is 3.79. The summed E-state index contributed by atoms with van der Waals surface area (Å²) in [7, 11) is 0. The lowest BCUT2D eigenvalue weighted by Crippen LogP contribution is -2.19. The third-order valence-corrected chi connectivity index (χ3v) is 2.66. The molecule has 0 bridgehead atoms. The molecule has 2 aromatic rings. The van der Waals surface area contributed by atoms with Crippen LogP contribution in [0.2, 0.25) is 0 Å². The van der Waals surface area contributed by atoms with Gasteiger partial charge in [-0.2, -0.15) is 0 Å². The molecule has 2 rings (SSSR count). The largest absolute Gasteiger partial charge is 0.328 e. The molecule has 1 unspecified atom stereocenters. The van der Waals surface area contributed by atoms with Crippen LogP contribution < -0.4 is 5.73 Å². The van der Waals surface area contributed by atoms with Crippen LogP contribution in [0.15, 0.2) is 30.3 Å². The summed E-state index contributed by atoms with van der Waals surface area (Å²) >= 11 is 0. The first-order valence-electron chi connectivity index (χ1n) is 5.72. The number of fused-ring (bicyclic) bond motifs is 1. The molecule has 0 fully saturated rings. The fourth-order valence-corrected chi connectivity index (χ4v) is 1.81. The van der Waals surface area contributed by atoms with Crippen LogP contribution in [0.1, 0.15) is 29.4 Å². The van der Waals surface area contributed by atoms with Crippen molar-refractivity contribution in [2.24, 2.45) is 5.73 Å². The molecule has 3 nitrogen and oxygen atoms in total. The van der Waals surface area contributed by atoms with Crippen molar-refractivity contribution in [3.63, 3.8) is 0 Å². The van der Waals surface area contributed by atoms with Crippen molar-refractivity contribution in [1.82, 2.24) is 4.98 Å². The Hall–Kier alpha value is -1.74. The summed E-state index contributed by atoms with van der Waals surface area (Å²) in [5, 5.41) is 0.992. The van der Waals surface area contributed by atoms with Gasteiger partial charge in [-0.05, 0) is 38.1 Å². The number of benzene rings is 1. The zero-order valence-corrected chi connectivity index (χ0v) is 10.1. The minimum absolute atomic E-state index is 0.0856. The van der Waals surface area contributed by atoms with Crippen LogP contribution in [0.3, 0.4) is 0 Å². The first-order valence-corrected chi connectivity index (χ1v) is 5.72. The summed E-state index contributed by atoms with van der Waals surface area (Å²) in [5.41, 5.74) is 8.24. The van der Waals surface area contributed by atoms with Crippen molar-refractivity contribution >= 4 is 16.7 Å². The monoisotopic (exact) mass is 228 g/mol. The van der Waals surface area contributed by atoms with Gasteiger partial charge in [0.2, 0.25) is 0 Å². The Morgan fingerprint density at radius 2 is 2.12 bits per heavy atom. The van der Waals surface area contributed by atoms with E-state index >= 15 is 0 Å². The van der Waals surface area contributed by atoms with Gasteiger partial charge in [-0.3, -0.25) is 9.78 Å². The van der Waals surface area contributed by atoms with E-state index in [1.165, 1.54) is 0 Å². The molecule has 1 aromatic carbocycles. The van der Waals surface area contributed by atoms with Crippen LogP contribution in [0, 0.1) is 6.92 Å². The predicted molar refractivity (Wildman–Crippen MR) is 69.1 cm³/mol. The molecule has 1 atom stereocenters. The average Bonchev–Trinajstić information content (AvgIpc) is 2.27. The van der Waals surface area contributed by atoms with Crippen LogP contribution in [0.25, 0.3) is 10.9 Å². The highest BCUT2D eigenvalue weighted by Gasteiger charge is 2.09. The van der Waals surface area contributed by atoms with Crippen molar-refractivity contribution in [3.8, 4) is 0 Å². The third kappa shape index (κ3) is 2.68. The van der Waals surface area contributed by atoms with Gasteiger partial charge in [0.05, 0.1) is 5.52 Å². The van der Waals surface area contributed by atoms with E-state index in [0.29, 0.717) is 12.0 Å². The molecule has 0 saturated carbocycles. The summed E-state index contributed by atoms with van der Waals surface area (Å²) in [6.07, 6.45) is 0.380. The number of nitrogens with two attached hydrogens (primary N) is 1.